The molecular formula is C17H12O3. The summed E-state index contributed by atoms with van der Waals surface area (Å²) in [6.07, 6.45) is 0. The van der Waals surface area contributed by atoms with Gasteiger partial charge in [0, 0.05) is 22.6 Å². The summed E-state index contributed by atoms with van der Waals surface area (Å²) in [5.74, 6) is 4.37. The lowest BCUT2D eigenvalue weighted by Crippen LogP contribution is -2.00. The summed E-state index contributed by atoms with van der Waals surface area (Å²) in [5.41, 5.74) is 1.88. The highest BCUT2D eigenvalue weighted by Crippen LogP contribution is 2.10. The average Bonchev–Trinajstić information content (AvgIpc) is 2.53. The molecule has 0 saturated carbocycles. The van der Waals surface area contributed by atoms with Gasteiger partial charge in [0.1, 0.15) is 0 Å². The molecule has 3 heteroatoms. The summed E-state index contributed by atoms with van der Waals surface area (Å²) in [6.45, 7) is 0. The van der Waals surface area contributed by atoms with Gasteiger partial charge in [-0.25, -0.2) is 4.79 Å². The molecule has 20 heavy (non-hydrogen) atoms. The fraction of sp³-hybridized carbons (Fsp3) is 0.0588. The zero-order chi connectivity index (χ0) is 14.4. The number of hydrogen-bond donors (Lipinski definition) is 0. The maximum atomic E-state index is 12.2. The third-order valence-corrected chi connectivity index (χ3v) is 2.68. The van der Waals surface area contributed by atoms with Crippen molar-refractivity contribution in [2.75, 3.05) is 7.11 Å². The van der Waals surface area contributed by atoms with Gasteiger partial charge in [0.05, 0.1) is 7.11 Å². The number of benzene rings is 2. The van der Waals surface area contributed by atoms with Crippen molar-refractivity contribution in [3.63, 3.8) is 0 Å². The normalized spacial score (nSPS) is 9.25. The molecule has 0 spiro atoms. The Morgan fingerprint density at radius 1 is 0.900 bits per heavy atom. The number of carbonyl (C=O) groups is 2. The molecule has 0 aliphatic carbocycles. The molecule has 2 aromatic carbocycles. The highest BCUT2D eigenvalue weighted by Gasteiger charge is 2.07. The van der Waals surface area contributed by atoms with Crippen LogP contribution in [0.5, 0.6) is 0 Å². The Balaban J connectivity index is 2.18. The highest BCUT2D eigenvalue weighted by molar-refractivity contribution is 6.09. The smallest absolute Gasteiger partial charge is 0.384 e. The standard InChI is InChI=1S/C17H12O3/c1-20-16(18)12-9-13-7-10-15(11-8-13)17(19)14-5-3-2-4-6-14/h2-8,10-11H,1H3. The van der Waals surface area contributed by atoms with Crippen LogP contribution in [-0.4, -0.2) is 18.9 Å². The molecule has 0 aromatic heterocycles. The third kappa shape index (κ3) is 3.33. The molecular weight excluding hydrogens is 252 g/mol. The molecule has 0 saturated heterocycles. The Morgan fingerprint density at radius 2 is 1.50 bits per heavy atom. The van der Waals surface area contributed by atoms with Gasteiger partial charge >= 0.3 is 5.97 Å². The minimum absolute atomic E-state index is 0.0434. The monoisotopic (exact) mass is 264 g/mol. The van der Waals surface area contributed by atoms with E-state index in [9.17, 15) is 9.59 Å². The third-order valence-electron chi connectivity index (χ3n) is 2.68. The molecule has 2 rings (SSSR count). The van der Waals surface area contributed by atoms with Crippen LogP contribution in [0, 0.1) is 11.8 Å². The van der Waals surface area contributed by atoms with Crippen LogP contribution in [-0.2, 0) is 9.53 Å². The first-order valence-corrected chi connectivity index (χ1v) is 6.00. The number of hydrogen-bond acceptors (Lipinski definition) is 3. The van der Waals surface area contributed by atoms with Gasteiger partial charge in [0.25, 0.3) is 0 Å². The maximum Gasteiger partial charge on any atom is 0.384 e. The molecule has 0 radical (unpaired) electrons. The van der Waals surface area contributed by atoms with Gasteiger partial charge in [-0.05, 0) is 24.3 Å². The second-order valence-corrected chi connectivity index (χ2v) is 4.01. The molecule has 0 heterocycles. The summed E-state index contributed by atoms with van der Waals surface area (Å²) in [5, 5.41) is 0. The molecule has 0 aliphatic heterocycles. The quantitative estimate of drug-likeness (QED) is 0.475. The highest BCUT2D eigenvalue weighted by atomic mass is 16.5. The van der Waals surface area contributed by atoms with E-state index in [1.165, 1.54) is 7.11 Å². The van der Waals surface area contributed by atoms with Gasteiger partial charge in [-0.3, -0.25) is 4.79 Å². The van der Waals surface area contributed by atoms with Crippen molar-refractivity contribution in [1.82, 2.24) is 0 Å². The Hall–Kier alpha value is -2.86. The van der Waals surface area contributed by atoms with E-state index in [0.717, 1.165) is 0 Å². The second-order valence-electron chi connectivity index (χ2n) is 4.01. The Morgan fingerprint density at radius 3 is 2.10 bits per heavy atom. The van der Waals surface area contributed by atoms with Gasteiger partial charge in [-0.1, -0.05) is 36.3 Å². The minimum Gasteiger partial charge on any atom is -0.459 e. The van der Waals surface area contributed by atoms with Crippen molar-refractivity contribution in [3.05, 3.63) is 71.3 Å². The lowest BCUT2D eigenvalue weighted by atomic mass is 10.0. The van der Waals surface area contributed by atoms with E-state index in [-0.39, 0.29) is 5.78 Å². The predicted octanol–water partition coefficient (Wildman–Crippen LogP) is 2.44. The number of ketones is 1. The topological polar surface area (TPSA) is 43.4 Å². The first-order valence-electron chi connectivity index (χ1n) is 6.00. The number of ether oxygens (including phenoxy) is 1. The summed E-state index contributed by atoms with van der Waals surface area (Å²) in [6, 6.07) is 15.8. The van der Waals surface area contributed by atoms with Crippen molar-refractivity contribution < 1.29 is 14.3 Å². The van der Waals surface area contributed by atoms with Crippen LogP contribution in [0.4, 0.5) is 0 Å². The fourth-order valence-corrected chi connectivity index (χ4v) is 1.64. The summed E-state index contributed by atoms with van der Waals surface area (Å²) in [4.78, 5) is 23.1. The SMILES string of the molecule is COC(=O)C#Cc1ccc(C(=O)c2ccccc2)cc1. The largest absolute Gasteiger partial charge is 0.459 e. The summed E-state index contributed by atoms with van der Waals surface area (Å²) >= 11 is 0. The lowest BCUT2D eigenvalue weighted by Gasteiger charge is -2.00. The van der Waals surface area contributed by atoms with E-state index in [0.29, 0.717) is 16.7 Å². The van der Waals surface area contributed by atoms with Crippen LogP contribution < -0.4 is 0 Å². The molecule has 0 amide bonds. The second kappa shape index (κ2) is 6.35. The van der Waals surface area contributed by atoms with Crippen molar-refractivity contribution in [3.8, 4) is 11.8 Å². The van der Waals surface area contributed by atoms with Gasteiger partial charge in [0.2, 0.25) is 0 Å². The van der Waals surface area contributed by atoms with E-state index in [4.69, 9.17) is 0 Å². The number of carbonyl (C=O) groups excluding carboxylic acids is 2. The minimum atomic E-state index is -0.588. The molecule has 3 nitrogen and oxygen atoms in total. The molecule has 98 valence electrons. The number of methoxy groups -OCH3 is 1. The Kier molecular flexibility index (Phi) is 4.31. The van der Waals surface area contributed by atoms with E-state index in [2.05, 4.69) is 16.6 Å². The first kappa shape index (κ1) is 13.6. The van der Waals surface area contributed by atoms with Crippen LogP contribution in [0.3, 0.4) is 0 Å². The Labute approximate surface area is 117 Å². The van der Waals surface area contributed by atoms with E-state index in [1.54, 1.807) is 36.4 Å². The van der Waals surface area contributed by atoms with Crippen LogP contribution in [0.1, 0.15) is 21.5 Å². The van der Waals surface area contributed by atoms with Gasteiger partial charge < -0.3 is 4.74 Å². The van der Waals surface area contributed by atoms with E-state index in [1.807, 2.05) is 18.2 Å². The van der Waals surface area contributed by atoms with Gasteiger partial charge in [-0.2, -0.15) is 0 Å². The van der Waals surface area contributed by atoms with Crippen molar-refractivity contribution >= 4 is 11.8 Å². The zero-order valence-electron chi connectivity index (χ0n) is 10.9. The molecule has 0 N–H and O–H groups in total. The predicted molar refractivity (Wildman–Crippen MR) is 75.2 cm³/mol. The van der Waals surface area contributed by atoms with E-state index < -0.39 is 5.97 Å². The molecule has 0 atom stereocenters. The molecule has 0 aliphatic rings. The number of esters is 1. The molecule has 0 fully saturated rings. The van der Waals surface area contributed by atoms with Crippen molar-refractivity contribution in [2.24, 2.45) is 0 Å². The van der Waals surface area contributed by atoms with Crippen LogP contribution in [0.2, 0.25) is 0 Å². The maximum absolute atomic E-state index is 12.2. The lowest BCUT2D eigenvalue weighted by molar-refractivity contribution is -0.133. The molecule has 2 aromatic rings. The summed E-state index contributed by atoms with van der Waals surface area (Å²) in [7, 11) is 1.28. The van der Waals surface area contributed by atoms with Gasteiger partial charge in [-0.15, -0.1) is 0 Å². The van der Waals surface area contributed by atoms with Crippen LogP contribution >= 0.6 is 0 Å². The van der Waals surface area contributed by atoms with E-state index >= 15 is 0 Å². The zero-order valence-corrected chi connectivity index (χ0v) is 10.9. The van der Waals surface area contributed by atoms with Crippen LogP contribution in [0.25, 0.3) is 0 Å². The van der Waals surface area contributed by atoms with Crippen LogP contribution in [0.15, 0.2) is 54.6 Å². The van der Waals surface area contributed by atoms with Gasteiger partial charge in [0.15, 0.2) is 5.78 Å². The average molecular weight is 264 g/mol. The molecule has 0 bridgehead atoms. The van der Waals surface area contributed by atoms with Crippen molar-refractivity contribution in [2.45, 2.75) is 0 Å². The Bertz CT molecular complexity index is 674. The summed E-state index contributed by atoms with van der Waals surface area (Å²) < 4.78 is 4.43. The van der Waals surface area contributed by atoms with Crippen molar-refractivity contribution in [1.29, 1.82) is 0 Å². The molecule has 0 unspecified atom stereocenters. The fourth-order valence-electron chi connectivity index (χ4n) is 1.64. The first-order chi connectivity index (χ1) is 9.70. The number of rotatable bonds is 2.